The van der Waals surface area contributed by atoms with Crippen molar-refractivity contribution in [1.29, 1.82) is 0 Å². The van der Waals surface area contributed by atoms with E-state index in [-0.39, 0.29) is 0 Å². The molecule has 2 rings (SSSR count). The second-order valence-corrected chi connectivity index (χ2v) is 4.99. The normalized spacial score (nSPS) is 17.2. The standard InChI is InChI=1S/C13H20N4O2/c1-3-17(2)11-8-10(14-9-15-11)16-13(12(18)19)6-4-5-7-13/h8-9H,3-7H2,1-2H3,(H,18,19)(H,14,15,16). The van der Waals surface area contributed by atoms with Gasteiger partial charge >= 0.3 is 5.97 Å². The summed E-state index contributed by atoms with van der Waals surface area (Å²) < 4.78 is 0. The molecular weight excluding hydrogens is 244 g/mol. The Morgan fingerprint density at radius 2 is 2.16 bits per heavy atom. The van der Waals surface area contributed by atoms with Gasteiger partial charge < -0.3 is 15.3 Å². The quantitative estimate of drug-likeness (QED) is 0.843. The summed E-state index contributed by atoms with van der Waals surface area (Å²) >= 11 is 0. The van der Waals surface area contributed by atoms with E-state index >= 15 is 0 Å². The SMILES string of the molecule is CCN(C)c1cc(NC2(C(=O)O)CCCC2)ncn1. The van der Waals surface area contributed by atoms with E-state index in [0.29, 0.717) is 18.7 Å². The van der Waals surface area contributed by atoms with E-state index in [1.807, 2.05) is 18.9 Å². The van der Waals surface area contributed by atoms with Crippen LogP contribution in [0.2, 0.25) is 0 Å². The first kappa shape index (κ1) is 13.6. The van der Waals surface area contributed by atoms with Gasteiger partial charge in [-0.05, 0) is 19.8 Å². The number of hydrogen-bond donors (Lipinski definition) is 2. The summed E-state index contributed by atoms with van der Waals surface area (Å²) in [4.78, 5) is 21.8. The topological polar surface area (TPSA) is 78.4 Å². The van der Waals surface area contributed by atoms with Gasteiger partial charge in [0.05, 0.1) is 0 Å². The molecule has 2 N–H and O–H groups in total. The van der Waals surface area contributed by atoms with Crippen molar-refractivity contribution in [3.8, 4) is 0 Å². The van der Waals surface area contributed by atoms with Crippen molar-refractivity contribution in [2.45, 2.75) is 38.1 Å². The van der Waals surface area contributed by atoms with Gasteiger partial charge in [0.1, 0.15) is 23.5 Å². The van der Waals surface area contributed by atoms with Crippen LogP contribution in [0.25, 0.3) is 0 Å². The first-order valence-electron chi connectivity index (χ1n) is 6.62. The number of carbonyl (C=O) groups is 1. The lowest BCUT2D eigenvalue weighted by molar-refractivity contribution is -0.142. The third kappa shape index (κ3) is 2.77. The van der Waals surface area contributed by atoms with Crippen molar-refractivity contribution in [1.82, 2.24) is 9.97 Å². The fourth-order valence-corrected chi connectivity index (χ4v) is 2.40. The summed E-state index contributed by atoms with van der Waals surface area (Å²) in [7, 11) is 1.94. The summed E-state index contributed by atoms with van der Waals surface area (Å²) in [5, 5.41) is 12.5. The highest BCUT2D eigenvalue weighted by Gasteiger charge is 2.41. The molecule has 1 aliphatic carbocycles. The number of nitrogens with one attached hydrogen (secondary N) is 1. The van der Waals surface area contributed by atoms with Crippen LogP contribution < -0.4 is 10.2 Å². The van der Waals surface area contributed by atoms with E-state index in [4.69, 9.17) is 0 Å². The van der Waals surface area contributed by atoms with E-state index in [2.05, 4.69) is 15.3 Å². The molecule has 0 spiro atoms. The van der Waals surface area contributed by atoms with Crippen LogP contribution in [-0.2, 0) is 4.79 Å². The average molecular weight is 264 g/mol. The summed E-state index contributed by atoms with van der Waals surface area (Å²) in [6.45, 7) is 2.87. The fourth-order valence-electron chi connectivity index (χ4n) is 2.40. The lowest BCUT2D eigenvalue weighted by Gasteiger charge is -2.26. The minimum absolute atomic E-state index is 0.578. The van der Waals surface area contributed by atoms with Gasteiger partial charge in [-0.2, -0.15) is 0 Å². The van der Waals surface area contributed by atoms with Crippen molar-refractivity contribution < 1.29 is 9.90 Å². The number of aromatic nitrogens is 2. The third-order valence-electron chi connectivity index (χ3n) is 3.75. The Balaban J connectivity index is 2.20. The van der Waals surface area contributed by atoms with Crippen LogP contribution in [0.3, 0.4) is 0 Å². The minimum Gasteiger partial charge on any atom is -0.480 e. The largest absolute Gasteiger partial charge is 0.480 e. The molecule has 0 saturated heterocycles. The molecule has 1 aromatic heterocycles. The zero-order valence-corrected chi connectivity index (χ0v) is 11.4. The number of rotatable bonds is 5. The Morgan fingerprint density at radius 3 is 2.74 bits per heavy atom. The number of carboxylic acid groups (broad SMARTS) is 1. The molecule has 0 amide bonds. The highest BCUT2D eigenvalue weighted by molar-refractivity contribution is 5.83. The smallest absolute Gasteiger partial charge is 0.329 e. The van der Waals surface area contributed by atoms with Gasteiger partial charge in [0.25, 0.3) is 0 Å². The van der Waals surface area contributed by atoms with Gasteiger partial charge in [0.2, 0.25) is 0 Å². The molecule has 104 valence electrons. The Kier molecular flexibility index (Phi) is 3.87. The Morgan fingerprint density at radius 1 is 1.47 bits per heavy atom. The van der Waals surface area contributed by atoms with Crippen molar-refractivity contribution >= 4 is 17.6 Å². The molecule has 0 radical (unpaired) electrons. The molecule has 6 nitrogen and oxygen atoms in total. The van der Waals surface area contributed by atoms with Crippen LogP contribution in [0.15, 0.2) is 12.4 Å². The third-order valence-corrected chi connectivity index (χ3v) is 3.75. The maximum atomic E-state index is 11.5. The molecule has 1 saturated carbocycles. The van der Waals surface area contributed by atoms with E-state index < -0.39 is 11.5 Å². The second kappa shape index (κ2) is 5.42. The van der Waals surface area contributed by atoms with Crippen LogP contribution >= 0.6 is 0 Å². The maximum absolute atomic E-state index is 11.5. The van der Waals surface area contributed by atoms with Crippen LogP contribution in [0.5, 0.6) is 0 Å². The van der Waals surface area contributed by atoms with E-state index in [1.165, 1.54) is 6.33 Å². The monoisotopic (exact) mass is 264 g/mol. The molecule has 0 bridgehead atoms. The van der Waals surface area contributed by atoms with Crippen LogP contribution in [0.4, 0.5) is 11.6 Å². The average Bonchev–Trinajstić information content (AvgIpc) is 2.88. The number of hydrogen-bond acceptors (Lipinski definition) is 5. The zero-order chi connectivity index (χ0) is 13.9. The highest BCUT2D eigenvalue weighted by atomic mass is 16.4. The van der Waals surface area contributed by atoms with Crippen LogP contribution in [-0.4, -0.2) is 40.2 Å². The molecule has 6 heteroatoms. The molecule has 0 unspecified atom stereocenters. The number of anilines is 2. The van der Waals surface area contributed by atoms with E-state index in [1.54, 1.807) is 6.07 Å². The molecule has 1 aliphatic rings. The molecule has 0 aliphatic heterocycles. The van der Waals surface area contributed by atoms with E-state index in [0.717, 1.165) is 25.2 Å². The molecule has 1 aromatic rings. The first-order valence-corrected chi connectivity index (χ1v) is 6.62. The van der Waals surface area contributed by atoms with Crippen molar-refractivity contribution in [3.05, 3.63) is 12.4 Å². The molecule has 1 fully saturated rings. The van der Waals surface area contributed by atoms with Gasteiger partial charge in [0, 0.05) is 19.7 Å². The number of carboxylic acids is 1. The van der Waals surface area contributed by atoms with Gasteiger partial charge in [-0.25, -0.2) is 14.8 Å². The lowest BCUT2D eigenvalue weighted by atomic mass is 9.98. The Hall–Kier alpha value is -1.85. The predicted molar refractivity (Wildman–Crippen MR) is 73.4 cm³/mol. The summed E-state index contributed by atoms with van der Waals surface area (Å²) in [5.74, 6) is 0.571. The molecule has 0 aromatic carbocycles. The van der Waals surface area contributed by atoms with Gasteiger partial charge in [-0.15, -0.1) is 0 Å². The second-order valence-electron chi connectivity index (χ2n) is 4.99. The number of nitrogens with zero attached hydrogens (tertiary/aromatic N) is 3. The lowest BCUT2D eigenvalue weighted by Crippen LogP contribution is -2.44. The van der Waals surface area contributed by atoms with Crippen molar-refractivity contribution in [2.24, 2.45) is 0 Å². The van der Waals surface area contributed by atoms with Gasteiger partial charge in [-0.1, -0.05) is 12.8 Å². The minimum atomic E-state index is -0.865. The Labute approximate surface area is 112 Å². The summed E-state index contributed by atoms with van der Waals surface area (Å²) in [6, 6.07) is 1.80. The summed E-state index contributed by atoms with van der Waals surface area (Å²) in [5.41, 5.74) is -0.865. The van der Waals surface area contributed by atoms with Crippen molar-refractivity contribution in [2.75, 3.05) is 23.8 Å². The zero-order valence-electron chi connectivity index (χ0n) is 11.4. The maximum Gasteiger partial charge on any atom is 0.329 e. The fraction of sp³-hybridized carbons (Fsp3) is 0.615. The van der Waals surface area contributed by atoms with Gasteiger partial charge in [-0.3, -0.25) is 0 Å². The van der Waals surface area contributed by atoms with E-state index in [9.17, 15) is 9.90 Å². The van der Waals surface area contributed by atoms with Crippen LogP contribution in [0, 0.1) is 0 Å². The molecule has 1 heterocycles. The highest BCUT2D eigenvalue weighted by Crippen LogP contribution is 2.33. The van der Waals surface area contributed by atoms with Crippen LogP contribution in [0.1, 0.15) is 32.6 Å². The summed E-state index contributed by atoms with van der Waals surface area (Å²) in [6.07, 6.45) is 4.63. The molecular formula is C13H20N4O2. The van der Waals surface area contributed by atoms with Gasteiger partial charge in [0.15, 0.2) is 0 Å². The number of aliphatic carboxylic acids is 1. The predicted octanol–water partition coefficient (Wildman–Crippen LogP) is 1.74. The Bertz CT molecular complexity index is 458. The molecule has 19 heavy (non-hydrogen) atoms. The first-order chi connectivity index (χ1) is 9.07. The van der Waals surface area contributed by atoms with Crippen molar-refractivity contribution in [3.63, 3.8) is 0 Å². The molecule has 0 atom stereocenters.